The van der Waals surface area contributed by atoms with Gasteiger partial charge in [0.05, 0.1) is 6.61 Å². The van der Waals surface area contributed by atoms with Crippen LogP contribution in [0.3, 0.4) is 0 Å². The molecule has 1 fully saturated rings. The van der Waals surface area contributed by atoms with E-state index in [1.165, 1.54) is 0 Å². The van der Waals surface area contributed by atoms with Crippen molar-refractivity contribution < 1.29 is 30.9 Å². The topological polar surface area (TPSA) is 118 Å². The second-order valence-corrected chi connectivity index (χ2v) is 2.89. The fraction of sp³-hybridized carbons (Fsp3) is 1.00. The maximum Gasteiger partial charge on any atom is 0.211 e. The lowest BCUT2D eigenvalue weighted by Crippen LogP contribution is -2.77. The van der Waals surface area contributed by atoms with Crippen LogP contribution in [0.5, 0.6) is 0 Å². The summed E-state index contributed by atoms with van der Waals surface area (Å²) in [7, 11) is 0. The van der Waals surface area contributed by atoms with Crippen LogP contribution in [0.25, 0.3) is 0 Å². The van der Waals surface area contributed by atoms with E-state index in [-0.39, 0.29) is 0 Å². The Morgan fingerprint density at radius 1 is 1.17 bits per heavy atom. The normalized spacial score (nSPS) is 49.2. The Bertz CT molecular complexity index is 150. The molecule has 1 saturated heterocycles. The van der Waals surface area contributed by atoms with Crippen molar-refractivity contribution in [2.75, 3.05) is 6.61 Å². The minimum Gasteiger partial charge on any atom is -0.394 e. The van der Waals surface area contributed by atoms with E-state index in [0.29, 0.717) is 0 Å². The summed E-state index contributed by atoms with van der Waals surface area (Å²) in [5.74, 6) is 0. The van der Waals surface area contributed by atoms with Gasteiger partial charge in [-0.3, -0.25) is 0 Å². The number of quaternary nitrogens is 1. The van der Waals surface area contributed by atoms with E-state index in [1.807, 2.05) is 0 Å². The molecule has 1 rings (SSSR count). The van der Waals surface area contributed by atoms with Crippen LogP contribution >= 0.6 is 0 Å². The Morgan fingerprint density at radius 3 is 2.25 bits per heavy atom. The predicted octanol–water partition coefficient (Wildman–Crippen LogP) is -3.97. The molecule has 6 heteroatoms. The molecule has 0 radical (unpaired) electrons. The van der Waals surface area contributed by atoms with Crippen LogP contribution < -0.4 is 5.73 Å². The summed E-state index contributed by atoms with van der Waals surface area (Å²) >= 11 is 0. The van der Waals surface area contributed by atoms with E-state index in [4.69, 9.17) is 14.9 Å². The molecular formula is C6H14NO5+. The van der Waals surface area contributed by atoms with Crippen molar-refractivity contribution in [2.24, 2.45) is 0 Å². The van der Waals surface area contributed by atoms with E-state index in [2.05, 4.69) is 5.73 Å². The highest BCUT2D eigenvalue weighted by atomic mass is 16.6. The summed E-state index contributed by atoms with van der Waals surface area (Å²) in [6.07, 6.45) is -4.53. The first-order valence-corrected chi connectivity index (χ1v) is 3.71. The summed E-state index contributed by atoms with van der Waals surface area (Å²) in [4.78, 5) is 0. The summed E-state index contributed by atoms with van der Waals surface area (Å²) < 4.78 is 4.76. The maximum absolute atomic E-state index is 9.25. The van der Waals surface area contributed by atoms with Crippen molar-refractivity contribution in [3.05, 3.63) is 0 Å². The Labute approximate surface area is 69.2 Å². The van der Waals surface area contributed by atoms with E-state index < -0.39 is 37.3 Å². The van der Waals surface area contributed by atoms with Crippen molar-refractivity contribution in [1.29, 1.82) is 0 Å². The highest BCUT2D eigenvalue weighted by molar-refractivity contribution is 4.87. The molecule has 5 atom stereocenters. The molecule has 0 saturated carbocycles. The van der Waals surface area contributed by atoms with Gasteiger partial charge >= 0.3 is 0 Å². The molecule has 7 N–H and O–H groups in total. The lowest BCUT2D eigenvalue weighted by atomic mass is 9.98. The van der Waals surface area contributed by atoms with Gasteiger partial charge in [0.15, 0.2) is 6.04 Å². The standard InChI is InChI=1S/C6H13NO5/c7-3-5(10)4(9)2(1-8)12-6(3)11/h2-6,8-11H,1,7H2/p+1/t2?,3?,4-,5+,6-/m1/s1. The number of hydrogen-bond donors (Lipinski definition) is 5. The van der Waals surface area contributed by atoms with E-state index in [1.54, 1.807) is 0 Å². The monoisotopic (exact) mass is 180 g/mol. The van der Waals surface area contributed by atoms with Crippen molar-refractivity contribution in [2.45, 2.75) is 30.6 Å². The van der Waals surface area contributed by atoms with E-state index >= 15 is 0 Å². The van der Waals surface area contributed by atoms with E-state index in [9.17, 15) is 10.2 Å². The molecule has 0 aromatic rings. The first kappa shape index (κ1) is 9.85. The van der Waals surface area contributed by atoms with Crippen molar-refractivity contribution in [1.82, 2.24) is 0 Å². The largest absolute Gasteiger partial charge is 0.394 e. The zero-order valence-electron chi connectivity index (χ0n) is 6.50. The van der Waals surface area contributed by atoms with Crippen LogP contribution in [0.1, 0.15) is 0 Å². The maximum atomic E-state index is 9.25. The van der Waals surface area contributed by atoms with Gasteiger partial charge < -0.3 is 30.9 Å². The minimum atomic E-state index is -1.24. The Kier molecular flexibility index (Phi) is 2.99. The molecule has 0 aromatic heterocycles. The number of aliphatic hydroxyl groups excluding tert-OH is 4. The summed E-state index contributed by atoms with van der Waals surface area (Å²) in [5, 5.41) is 36.3. The Balaban J connectivity index is 2.63. The molecular weight excluding hydrogens is 166 g/mol. The molecule has 12 heavy (non-hydrogen) atoms. The molecule has 1 aliphatic rings. The lowest BCUT2D eigenvalue weighted by Gasteiger charge is -2.36. The van der Waals surface area contributed by atoms with Gasteiger partial charge in [-0.25, -0.2) is 0 Å². The van der Waals surface area contributed by atoms with Crippen LogP contribution in [0.4, 0.5) is 0 Å². The van der Waals surface area contributed by atoms with Crippen LogP contribution in [0, 0.1) is 0 Å². The summed E-state index contributed by atoms with van der Waals surface area (Å²) in [6.45, 7) is -0.442. The van der Waals surface area contributed by atoms with Gasteiger partial charge in [0, 0.05) is 0 Å². The average Bonchev–Trinajstić information content (AvgIpc) is 2.08. The fourth-order valence-corrected chi connectivity index (χ4v) is 1.15. The third-order valence-electron chi connectivity index (χ3n) is 2.03. The molecule has 72 valence electrons. The second-order valence-electron chi connectivity index (χ2n) is 2.89. The van der Waals surface area contributed by atoms with Crippen LogP contribution in [0.15, 0.2) is 0 Å². The van der Waals surface area contributed by atoms with Crippen molar-refractivity contribution in [3.8, 4) is 0 Å². The first-order valence-electron chi connectivity index (χ1n) is 3.71. The summed E-state index contributed by atoms with van der Waals surface area (Å²) in [6, 6.07) is -0.789. The van der Waals surface area contributed by atoms with Crippen LogP contribution in [-0.2, 0) is 4.74 Å². The van der Waals surface area contributed by atoms with Gasteiger partial charge in [-0.05, 0) is 0 Å². The van der Waals surface area contributed by atoms with Crippen molar-refractivity contribution >= 4 is 0 Å². The quantitative estimate of drug-likeness (QED) is 0.282. The highest BCUT2D eigenvalue weighted by Crippen LogP contribution is 2.16. The lowest BCUT2D eigenvalue weighted by molar-refractivity contribution is -0.497. The molecule has 1 aliphatic heterocycles. The van der Waals surface area contributed by atoms with Crippen LogP contribution in [0.2, 0.25) is 0 Å². The molecule has 0 bridgehead atoms. The van der Waals surface area contributed by atoms with Gasteiger partial charge in [-0.15, -0.1) is 0 Å². The second kappa shape index (κ2) is 3.65. The number of rotatable bonds is 1. The molecule has 0 aliphatic carbocycles. The number of ether oxygens (including phenoxy) is 1. The molecule has 1 heterocycles. The fourth-order valence-electron chi connectivity index (χ4n) is 1.15. The molecule has 0 aromatic carbocycles. The van der Waals surface area contributed by atoms with E-state index in [0.717, 1.165) is 0 Å². The summed E-state index contributed by atoms with van der Waals surface area (Å²) in [5.41, 5.74) is 3.41. The molecule has 6 nitrogen and oxygen atoms in total. The highest BCUT2D eigenvalue weighted by Gasteiger charge is 2.43. The molecule has 2 unspecified atom stereocenters. The Hall–Kier alpha value is -0.240. The van der Waals surface area contributed by atoms with Gasteiger partial charge in [0.1, 0.15) is 18.3 Å². The average molecular weight is 180 g/mol. The zero-order chi connectivity index (χ0) is 9.30. The SMILES string of the molecule is [NH3+]C1[C@H](O)OC(CO)[C@@H](O)[C@H]1O. The predicted molar refractivity (Wildman–Crippen MR) is 36.7 cm³/mol. The number of hydrogen-bond acceptors (Lipinski definition) is 5. The van der Waals surface area contributed by atoms with Crippen molar-refractivity contribution in [3.63, 3.8) is 0 Å². The van der Waals surface area contributed by atoms with Gasteiger partial charge in [0.2, 0.25) is 6.29 Å². The number of aliphatic hydroxyl groups is 4. The minimum absolute atomic E-state index is 0.442. The third-order valence-corrected chi connectivity index (χ3v) is 2.03. The smallest absolute Gasteiger partial charge is 0.211 e. The first-order chi connectivity index (χ1) is 5.57. The molecule has 0 spiro atoms. The van der Waals surface area contributed by atoms with Crippen LogP contribution in [-0.4, -0.2) is 57.7 Å². The zero-order valence-corrected chi connectivity index (χ0v) is 6.50. The van der Waals surface area contributed by atoms with Gasteiger partial charge in [-0.2, -0.15) is 0 Å². The van der Waals surface area contributed by atoms with Gasteiger partial charge in [0.25, 0.3) is 0 Å². The molecule has 0 amide bonds. The Morgan fingerprint density at radius 2 is 1.75 bits per heavy atom. The van der Waals surface area contributed by atoms with Gasteiger partial charge in [-0.1, -0.05) is 0 Å². The third kappa shape index (κ3) is 1.58.